The number of esters is 1. The van der Waals surface area contributed by atoms with E-state index in [1.54, 1.807) is 38.1 Å². The molecule has 1 N–H and O–H groups in total. The fraction of sp³-hybridized carbons (Fsp3) is 0.190. The summed E-state index contributed by atoms with van der Waals surface area (Å²) in [5.41, 5.74) is 10.4. The van der Waals surface area contributed by atoms with Crippen LogP contribution in [-0.4, -0.2) is 31.1 Å². The summed E-state index contributed by atoms with van der Waals surface area (Å²) < 4.78 is 45.1. The zero-order valence-electron chi connectivity index (χ0n) is 16.2. The van der Waals surface area contributed by atoms with Crippen LogP contribution < -0.4 is 4.74 Å². The number of rotatable bonds is 7. The first kappa shape index (κ1) is 22.7. The monoisotopic (exact) mass is 418 g/mol. The minimum absolute atomic E-state index is 0.0469. The smallest absolute Gasteiger partial charge is 0.482 e. The normalized spacial score (nSPS) is 12.8. The van der Waals surface area contributed by atoms with Crippen LogP contribution in [0.5, 0.6) is 5.75 Å². The van der Waals surface area contributed by atoms with Gasteiger partial charge in [0, 0.05) is 12.4 Å². The molecule has 2 aromatic rings. The van der Waals surface area contributed by atoms with E-state index in [9.17, 15) is 18.0 Å². The molecule has 0 spiro atoms. The maximum atomic E-state index is 12.1. The molecule has 0 aliphatic carbocycles. The highest BCUT2D eigenvalue weighted by Gasteiger charge is 2.30. The molecule has 0 bridgehead atoms. The van der Waals surface area contributed by atoms with Crippen LogP contribution in [0, 0.1) is 0 Å². The van der Waals surface area contributed by atoms with E-state index in [-0.39, 0.29) is 11.6 Å². The highest BCUT2D eigenvalue weighted by Crippen LogP contribution is 2.24. The van der Waals surface area contributed by atoms with Crippen LogP contribution in [0.4, 0.5) is 18.9 Å². The van der Waals surface area contributed by atoms with E-state index in [4.69, 9.17) is 10.5 Å². The van der Waals surface area contributed by atoms with Crippen LogP contribution in [0.3, 0.4) is 0 Å². The summed E-state index contributed by atoms with van der Waals surface area (Å²) >= 11 is 0. The van der Waals surface area contributed by atoms with Crippen molar-refractivity contribution in [3.8, 4) is 5.75 Å². The van der Waals surface area contributed by atoms with Crippen LogP contribution in [0.25, 0.3) is 11.3 Å². The predicted octanol–water partition coefficient (Wildman–Crippen LogP) is 5.71. The molecular formula is C21H19F3N3O3-. The molecule has 2 rings (SSSR count). The molecule has 158 valence electrons. The first-order chi connectivity index (χ1) is 14.2. The highest BCUT2D eigenvalue weighted by molar-refractivity contribution is 6.08. The van der Waals surface area contributed by atoms with Crippen LogP contribution in [0.2, 0.25) is 0 Å². The number of ether oxygens (including phenoxy) is 2. The topological polar surface area (TPSA) is 84.0 Å². The third-order valence-corrected chi connectivity index (χ3v) is 3.70. The Morgan fingerprint density at radius 2 is 1.67 bits per heavy atom. The number of hydrogen-bond donors (Lipinski definition) is 0. The summed E-state index contributed by atoms with van der Waals surface area (Å²) in [7, 11) is 0. The molecule has 30 heavy (non-hydrogen) atoms. The number of benzene rings is 2. The zero-order chi connectivity index (χ0) is 22.1. The Morgan fingerprint density at radius 3 is 2.23 bits per heavy atom. The molecule has 0 aromatic heterocycles. The number of hydrogen-bond acceptors (Lipinski definition) is 4. The van der Waals surface area contributed by atoms with Crippen molar-refractivity contribution in [3.63, 3.8) is 0 Å². The lowest BCUT2D eigenvalue weighted by atomic mass is 10.0. The van der Waals surface area contributed by atoms with Crippen molar-refractivity contribution in [2.45, 2.75) is 20.2 Å². The maximum Gasteiger partial charge on any atom is 0.573 e. The van der Waals surface area contributed by atoms with E-state index in [0.717, 1.165) is 29.6 Å². The number of halogens is 3. The molecule has 0 aliphatic heterocycles. The van der Waals surface area contributed by atoms with E-state index < -0.39 is 12.3 Å². The number of allylic oxidation sites excluding steroid dienone is 1. The first-order valence-electron chi connectivity index (χ1n) is 8.81. The Bertz CT molecular complexity index is 948. The molecule has 6 nitrogen and oxygen atoms in total. The van der Waals surface area contributed by atoms with Crippen molar-refractivity contribution in [1.82, 2.24) is 0 Å². The molecule has 0 amide bonds. The van der Waals surface area contributed by atoms with Gasteiger partial charge < -0.3 is 20.2 Å². The third-order valence-electron chi connectivity index (χ3n) is 3.70. The van der Waals surface area contributed by atoms with Gasteiger partial charge in [-0.25, -0.2) is 4.79 Å². The Labute approximate surface area is 171 Å². The number of carbonyl (C=O) groups excluding carboxylic acids is 1. The number of nitrogens with zero attached hydrogens (tertiary/aromatic N) is 2. The number of nitrogens with one attached hydrogen (secondary N) is 1. The lowest BCUT2D eigenvalue weighted by Gasteiger charge is -2.10. The predicted molar refractivity (Wildman–Crippen MR) is 109 cm³/mol. The minimum Gasteiger partial charge on any atom is -0.482 e. The summed E-state index contributed by atoms with van der Waals surface area (Å²) in [6, 6.07) is 11.8. The summed E-state index contributed by atoms with van der Waals surface area (Å²) in [4.78, 5) is 19.4. The van der Waals surface area contributed by atoms with Crippen LogP contribution >= 0.6 is 0 Å². The van der Waals surface area contributed by atoms with Crippen molar-refractivity contribution in [1.29, 1.82) is 0 Å². The molecule has 0 heterocycles. The molecule has 0 atom stereocenters. The second-order valence-corrected chi connectivity index (χ2v) is 5.92. The fourth-order valence-electron chi connectivity index (χ4n) is 2.30. The van der Waals surface area contributed by atoms with E-state index >= 15 is 0 Å². The molecular weight excluding hydrogens is 399 g/mol. The van der Waals surface area contributed by atoms with E-state index in [1.807, 2.05) is 0 Å². The van der Waals surface area contributed by atoms with Gasteiger partial charge in [0.15, 0.2) is 0 Å². The number of carbonyl (C=O) groups is 1. The Morgan fingerprint density at radius 1 is 1.07 bits per heavy atom. The Balaban J connectivity index is 2.02. The fourth-order valence-corrected chi connectivity index (χ4v) is 2.30. The third kappa shape index (κ3) is 7.42. The number of aliphatic imine (C=N–C) groups is 2. The van der Waals surface area contributed by atoms with Crippen molar-refractivity contribution in [3.05, 3.63) is 71.5 Å². The second kappa shape index (κ2) is 10.2. The average molecular weight is 418 g/mol. The number of amidine groups is 1. The average Bonchev–Trinajstić information content (AvgIpc) is 2.68. The van der Waals surface area contributed by atoms with Crippen molar-refractivity contribution < 1.29 is 27.4 Å². The molecule has 0 unspecified atom stereocenters. The van der Waals surface area contributed by atoms with E-state index in [1.165, 1.54) is 18.2 Å². The lowest BCUT2D eigenvalue weighted by molar-refractivity contribution is -0.274. The van der Waals surface area contributed by atoms with Gasteiger partial charge in [0.2, 0.25) is 0 Å². The van der Waals surface area contributed by atoms with Crippen LogP contribution in [-0.2, 0) is 9.53 Å². The molecule has 0 radical (unpaired) electrons. The van der Waals surface area contributed by atoms with Gasteiger partial charge in [-0.05, 0) is 54.8 Å². The van der Waals surface area contributed by atoms with Crippen molar-refractivity contribution in [2.24, 2.45) is 9.98 Å². The molecule has 0 saturated carbocycles. The van der Waals surface area contributed by atoms with Crippen molar-refractivity contribution in [2.75, 3.05) is 6.61 Å². The quantitative estimate of drug-likeness (QED) is 0.250. The first-order valence-corrected chi connectivity index (χ1v) is 8.81. The number of alkyl halides is 3. The van der Waals surface area contributed by atoms with Gasteiger partial charge in [-0.3, -0.25) is 4.99 Å². The van der Waals surface area contributed by atoms with Gasteiger partial charge in [-0.2, -0.15) is 0 Å². The second-order valence-electron chi connectivity index (χ2n) is 5.92. The van der Waals surface area contributed by atoms with Gasteiger partial charge in [0.1, 0.15) is 5.75 Å². The van der Waals surface area contributed by atoms with Crippen LogP contribution in [0.1, 0.15) is 25.0 Å². The molecule has 0 aliphatic rings. The minimum atomic E-state index is -4.75. The summed E-state index contributed by atoms with van der Waals surface area (Å²) in [5, 5.41) is 0. The van der Waals surface area contributed by atoms with E-state index in [0.29, 0.717) is 17.9 Å². The lowest BCUT2D eigenvalue weighted by Crippen LogP contribution is -2.16. The largest absolute Gasteiger partial charge is 0.573 e. The standard InChI is InChI=1S/C21H19F3N3O3/c1-3-29-19(28)12-14(2)15-4-6-16(7-5-15)20(25)27-13-26-17-8-10-18(11-9-17)30-21(22,23)24/h4-13H,3H2,1-2H3,(H-,25,26,27)/q-1. The van der Waals surface area contributed by atoms with E-state index in [2.05, 4.69) is 14.7 Å². The molecule has 9 heteroatoms. The Hall–Kier alpha value is -3.62. The molecule has 0 saturated heterocycles. The van der Waals surface area contributed by atoms with Gasteiger partial charge in [0.05, 0.1) is 12.3 Å². The Kier molecular flexibility index (Phi) is 7.74. The van der Waals surface area contributed by atoms with Gasteiger partial charge in [-0.15, -0.1) is 13.2 Å². The van der Waals surface area contributed by atoms with Crippen LogP contribution in [0.15, 0.2) is 64.6 Å². The highest BCUT2D eigenvalue weighted by atomic mass is 19.4. The summed E-state index contributed by atoms with van der Waals surface area (Å²) in [5.74, 6) is -0.816. The summed E-state index contributed by atoms with van der Waals surface area (Å²) in [6.07, 6.45) is -2.22. The van der Waals surface area contributed by atoms with Gasteiger partial charge >= 0.3 is 12.3 Å². The van der Waals surface area contributed by atoms with Gasteiger partial charge in [-0.1, -0.05) is 30.1 Å². The van der Waals surface area contributed by atoms with Crippen molar-refractivity contribution >= 4 is 29.4 Å². The molecule has 0 fully saturated rings. The SMILES string of the molecule is CCOC(=O)C=C(C)c1ccc(C([NH-])=NC=Nc2ccc(OC(F)(F)F)cc2)cc1. The summed E-state index contributed by atoms with van der Waals surface area (Å²) in [6.45, 7) is 3.80. The zero-order valence-corrected chi connectivity index (χ0v) is 16.2. The maximum absolute atomic E-state index is 12.1. The van der Waals surface area contributed by atoms with Gasteiger partial charge in [0.25, 0.3) is 0 Å². The molecule has 2 aromatic carbocycles.